The van der Waals surface area contributed by atoms with Crippen LogP contribution in [0.4, 0.5) is 0 Å². The third kappa shape index (κ3) is 5.86. The first-order valence-electron chi connectivity index (χ1n) is 7.76. The van der Waals surface area contributed by atoms with Crippen LogP contribution in [0.5, 0.6) is 0 Å². The molecule has 116 valence electrons. The molecule has 2 atom stereocenters. The zero-order chi connectivity index (χ0) is 14.9. The summed E-state index contributed by atoms with van der Waals surface area (Å²) in [6.45, 7) is 3.34. The molecule has 1 aromatic carbocycles. The Morgan fingerprint density at radius 3 is 2.71 bits per heavy atom. The number of carbonyl (C=O) groups excluding carboxylic acids is 1. The van der Waals surface area contributed by atoms with E-state index in [0.717, 1.165) is 19.3 Å². The van der Waals surface area contributed by atoms with Gasteiger partial charge in [0.25, 0.3) is 0 Å². The molecule has 0 aliphatic heterocycles. The second-order valence-electron chi connectivity index (χ2n) is 5.54. The first-order chi connectivity index (χ1) is 10.3. The minimum Gasteiger partial charge on any atom is -0.374 e. The molecule has 1 amide bonds. The SMILES string of the molecule is CC(=O)N[C@@H]1CCCC[C@H]1OCCOCc1ccccc1. The van der Waals surface area contributed by atoms with Gasteiger partial charge in [0.05, 0.1) is 32.0 Å². The summed E-state index contributed by atoms with van der Waals surface area (Å²) in [7, 11) is 0. The van der Waals surface area contributed by atoms with Gasteiger partial charge in [-0.15, -0.1) is 0 Å². The highest BCUT2D eigenvalue weighted by Crippen LogP contribution is 2.21. The molecule has 1 N–H and O–H groups in total. The minimum atomic E-state index is 0.0239. The molecule has 1 aromatic rings. The maximum absolute atomic E-state index is 11.2. The third-order valence-corrected chi connectivity index (χ3v) is 3.76. The molecule has 0 heterocycles. The summed E-state index contributed by atoms with van der Waals surface area (Å²) < 4.78 is 11.5. The molecule has 0 radical (unpaired) electrons. The van der Waals surface area contributed by atoms with Crippen LogP contribution < -0.4 is 5.32 Å². The van der Waals surface area contributed by atoms with Gasteiger partial charge in [0.2, 0.25) is 5.91 Å². The monoisotopic (exact) mass is 291 g/mol. The average Bonchev–Trinajstić information content (AvgIpc) is 2.49. The van der Waals surface area contributed by atoms with Crippen molar-refractivity contribution in [1.29, 1.82) is 0 Å². The number of benzene rings is 1. The molecular formula is C17H25NO3. The number of amides is 1. The molecule has 2 rings (SSSR count). The number of rotatable bonds is 7. The van der Waals surface area contributed by atoms with E-state index in [-0.39, 0.29) is 18.1 Å². The Morgan fingerprint density at radius 1 is 1.19 bits per heavy atom. The summed E-state index contributed by atoms with van der Waals surface area (Å²) in [4.78, 5) is 11.2. The Labute approximate surface area is 126 Å². The molecule has 0 spiro atoms. The predicted molar refractivity (Wildman–Crippen MR) is 81.9 cm³/mol. The number of hydrogen-bond donors (Lipinski definition) is 1. The van der Waals surface area contributed by atoms with Crippen LogP contribution in [0.25, 0.3) is 0 Å². The van der Waals surface area contributed by atoms with Crippen molar-refractivity contribution in [1.82, 2.24) is 5.32 Å². The van der Waals surface area contributed by atoms with Crippen molar-refractivity contribution in [2.24, 2.45) is 0 Å². The van der Waals surface area contributed by atoms with E-state index in [1.807, 2.05) is 18.2 Å². The van der Waals surface area contributed by atoms with Crippen molar-refractivity contribution >= 4 is 5.91 Å². The number of ether oxygens (including phenoxy) is 2. The maximum Gasteiger partial charge on any atom is 0.217 e. The summed E-state index contributed by atoms with van der Waals surface area (Å²) in [6.07, 6.45) is 4.49. The molecular weight excluding hydrogens is 266 g/mol. The smallest absolute Gasteiger partial charge is 0.217 e. The van der Waals surface area contributed by atoms with E-state index in [1.54, 1.807) is 6.92 Å². The van der Waals surface area contributed by atoms with Crippen LogP contribution in [0, 0.1) is 0 Å². The van der Waals surface area contributed by atoms with Gasteiger partial charge in [-0.2, -0.15) is 0 Å². The highest BCUT2D eigenvalue weighted by molar-refractivity contribution is 5.73. The lowest BCUT2D eigenvalue weighted by molar-refractivity contribution is -0.121. The van der Waals surface area contributed by atoms with E-state index in [4.69, 9.17) is 9.47 Å². The van der Waals surface area contributed by atoms with Crippen LogP contribution in [-0.4, -0.2) is 31.3 Å². The Kier molecular flexibility index (Phi) is 6.70. The molecule has 0 bridgehead atoms. The predicted octanol–water partition coefficient (Wildman–Crippen LogP) is 2.67. The van der Waals surface area contributed by atoms with Crippen LogP contribution in [0.15, 0.2) is 30.3 Å². The zero-order valence-electron chi connectivity index (χ0n) is 12.7. The lowest BCUT2D eigenvalue weighted by atomic mass is 9.92. The summed E-state index contributed by atoms with van der Waals surface area (Å²) >= 11 is 0. The van der Waals surface area contributed by atoms with Crippen LogP contribution in [0.2, 0.25) is 0 Å². The van der Waals surface area contributed by atoms with Crippen LogP contribution in [0.1, 0.15) is 38.2 Å². The van der Waals surface area contributed by atoms with E-state index in [1.165, 1.54) is 12.0 Å². The molecule has 0 aromatic heterocycles. The van der Waals surface area contributed by atoms with Crippen molar-refractivity contribution in [3.63, 3.8) is 0 Å². The molecule has 0 unspecified atom stereocenters. The normalized spacial score (nSPS) is 22.0. The Bertz CT molecular complexity index is 421. The van der Waals surface area contributed by atoms with E-state index in [2.05, 4.69) is 17.4 Å². The molecule has 21 heavy (non-hydrogen) atoms. The summed E-state index contributed by atoms with van der Waals surface area (Å²) in [5.74, 6) is 0.0239. The van der Waals surface area contributed by atoms with Crippen molar-refractivity contribution < 1.29 is 14.3 Å². The van der Waals surface area contributed by atoms with Crippen LogP contribution in [-0.2, 0) is 20.9 Å². The average molecular weight is 291 g/mol. The minimum absolute atomic E-state index is 0.0239. The van der Waals surface area contributed by atoms with Gasteiger partial charge < -0.3 is 14.8 Å². The van der Waals surface area contributed by atoms with E-state index >= 15 is 0 Å². The van der Waals surface area contributed by atoms with Gasteiger partial charge in [-0.3, -0.25) is 4.79 Å². The molecule has 4 nitrogen and oxygen atoms in total. The van der Waals surface area contributed by atoms with Crippen molar-refractivity contribution in [2.45, 2.75) is 51.4 Å². The lowest BCUT2D eigenvalue weighted by Gasteiger charge is -2.31. The molecule has 1 aliphatic carbocycles. The standard InChI is InChI=1S/C17H25NO3/c1-14(19)18-16-9-5-6-10-17(16)21-12-11-20-13-15-7-3-2-4-8-15/h2-4,7-8,16-17H,5-6,9-13H2,1H3,(H,18,19)/t16-,17-/m1/s1. The van der Waals surface area contributed by atoms with E-state index in [9.17, 15) is 4.79 Å². The third-order valence-electron chi connectivity index (χ3n) is 3.76. The summed E-state index contributed by atoms with van der Waals surface area (Å²) in [5.41, 5.74) is 1.17. The fourth-order valence-electron chi connectivity index (χ4n) is 2.75. The Hall–Kier alpha value is -1.39. The van der Waals surface area contributed by atoms with Crippen LogP contribution >= 0.6 is 0 Å². The van der Waals surface area contributed by atoms with Gasteiger partial charge in [0, 0.05) is 6.92 Å². The molecule has 1 saturated carbocycles. The maximum atomic E-state index is 11.2. The van der Waals surface area contributed by atoms with Crippen molar-refractivity contribution in [3.05, 3.63) is 35.9 Å². The van der Waals surface area contributed by atoms with Crippen LogP contribution in [0.3, 0.4) is 0 Å². The summed E-state index contributed by atoms with van der Waals surface area (Å²) in [5, 5.41) is 2.99. The molecule has 0 saturated heterocycles. The highest BCUT2D eigenvalue weighted by atomic mass is 16.5. The van der Waals surface area contributed by atoms with E-state index < -0.39 is 0 Å². The Morgan fingerprint density at radius 2 is 1.95 bits per heavy atom. The van der Waals surface area contributed by atoms with Gasteiger partial charge in [0.1, 0.15) is 0 Å². The second-order valence-corrected chi connectivity index (χ2v) is 5.54. The van der Waals surface area contributed by atoms with Gasteiger partial charge in [-0.25, -0.2) is 0 Å². The zero-order valence-corrected chi connectivity index (χ0v) is 12.7. The molecule has 4 heteroatoms. The van der Waals surface area contributed by atoms with Gasteiger partial charge >= 0.3 is 0 Å². The topological polar surface area (TPSA) is 47.6 Å². The fraction of sp³-hybridized carbons (Fsp3) is 0.588. The van der Waals surface area contributed by atoms with Gasteiger partial charge in [-0.1, -0.05) is 43.2 Å². The number of nitrogens with one attached hydrogen (secondary N) is 1. The Balaban J connectivity index is 1.63. The fourth-order valence-corrected chi connectivity index (χ4v) is 2.75. The second kappa shape index (κ2) is 8.80. The van der Waals surface area contributed by atoms with Crippen molar-refractivity contribution in [3.8, 4) is 0 Å². The van der Waals surface area contributed by atoms with E-state index in [0.29, 0.717) is 19.8 Å². The summed E-state index contributed by atoms with van der Waals surface area (Å²) in [6, 6.07) is 10.3. The van der Waals surface area contributed by atoms with Crippen molar-refractivity contribution in [2.75, 3.05) is 13.2 Å². The first-order valence-corrected chi connectivity index (χ1v) is 7.76. The van der Waals surface area contributed by atoms with Gasteiger partial charge in [0.15, 0.2) is 0 Å². The lowest BCUT2D eigenvalue weighted by Crippen LogP contribution is -2.45. The number of carbonyl (C=O) groups is 1. The quantitative estimate of drug-likeness (QED) is 0.786. The number of hydrogen-bond acceptors (Lipinski definition) is 3. The first kappa shape index (κ1) is 16.0. The largest absolute Gasteiger partial charge is 0.374 e. The highest BCUT2D eigenvalue weighted by Gasteiger charge is 2.26. The molecule has 1 fully saturated rings. The molecule has 1 aliphatic rings. The van der Waals surface area contributed by atoms with Gasteiger partial charge in [-0.05, 0) is 18.4 Å².